The molecule has 1 unspecified atom stereocenters. The van der Waals surface area contributed by atoms with E-state index in [0.717, 1.165) is 22.3 Å². The number of rotatable bonds is 6. The number of carbonyl (C=O) groups is 1. The molecule has 1 atom stereocenters. The van der Waals surface area contributed by atoms with E-state index in [1.54, 1.807) is 0 Å². The lowest BCUT2D eigenvalue weighted by molar-refractivity contribution is -0.137. The lowest BCUT2D eigenvalue weighted by Crippen LogP contribution is -2.47. The first-order chi connectivity index (χ1) is 14.8. The summed E-state index contributed by atoms with van der Waals surface area (Å²) in [4.78, 5) is 17.4. The van der Waals surface area contributed by atoms with Gasteiger partial charge in [0.1, 0.15) is 5.70 Å². The molecule has 2 N–H and O–H groups in total. The molecule has 1 amide bonds. The molecule has 14 heteroatoms. The molecule has 0 spiro atoms. The Hall–Kier alpha value is -2.76. The average molecular weight is 504 g/mol. The largest absolute Gasteiger partial charge is 0.443 e. The van der Waals surface area contributed by atoms with Crippen molar-refractivity contribution in [2.45, 2.75) is 25.1 Å². The van der Waals surface area contributed by atoms with Gasteiger partial charge in [0.25, 0.3) is 5.91 Å². The van der Waals surface area contributed by atoms with Crippen molar-refractivity contribution in [2.75, 3.05) is 11.2 Å². The summed E-state index contributed by atoms with van der Waals surface area (Å²) in [6.45, 7) is 1.34. The molecule has 8 nitrogen and oxygen atoms in total. The Bertz CT molecular complexity index is 1220. The molecule has 170 valence electrons. The molecule has 2 aromatic rings. The Kier molecular flexibility index (Phi) is 6.45. The quantitative estimate of drug-likeness (QED) is 0.643. The van der Waals surface area contributed by atoms with Crippen LogP contribution in [0.1, 0.15) is 23.2 Å². The summed E-state index contributed by atoms with van der Waals surface area (Å²) in [5.74, 6) is -0.948. The molecule has 0 saturated heterocycles. The molecule has 0 saturated carbocycles. The van der Waals surface area contributed by atoms with Gasteiger partial charge >= 0.3 is 6.18 Å². The smallest absolute Gasteiger partial charge is 0.364 e. The van der Waals surface area contributed by atoms with Gasteiger partial charge in [0.2, 0.25) is 10.0 Å². The summed E-state index contributed by atoms with van der Waals surface area (Å²) in [6.07, 6.45) is -3.70. The third-order valence-electron chi connectivity index (χ3n) is 4.35. The molecule has 0 bridgehead atoms. The summed E-state index contributed by atoms with van der Waals surface area (Å²) < 4.78 is 65.0. The van der Waals surface area contributed by atoms with Crippen molar-refractivity contribution in [3.63, 3.8) is 0 Å². The maximum Gasteiger partial charge on any atom is 0.443 e. The number of nitrogens with two attached hydrogens (primary N) is 1. The van der Waals surface area contributed by atoms with E-state index in [0.29, 0.717) is 27.5 Å². The minimum Gasteiger partial charge on any atom is -0.364 e. The van der Waals surface area contributed by atoms with Gasteiger partial charge in [-0.25, -0.2) is 17.7 Å². The number of amides is 1. The van der Waals surface area contributed by atoms with Crippen LogP contribution in [0.15, 0.2) is 40.2 Å². The number of sulfonamides is 1. The van der Waals surface area contributed by atoms with Crippen LogP contribution in [0.25, 0.3) is 0 Å². The highest BCUT2D eigenvalue weighted by atomic mass is 32.2. The number of carbonyl (C=O) groups excluding carboxylic acids is 1. The number of primary amides is 1. The molecule has 1 aromatic carbocycles. The van der Waals surface area contributed by atoms with Gasteiger partial charge in [-0.2, -0.15) is 18.4 Å². The van der Waals surface area contributed by atoms with E-state index in [9.17, 15) is 26.4 Å². The number of benzene rings is 1. The molecule has 1 aliphatic rings. The third-order valence-corrected chi connectivity index (χ3v) is 7.74. The zero-order valence-corrected chi connectivity index (χ0v) is 19.1. The Labute approximate surface area is 190 Å². The number of thioether (sulfide) groups is 1. The molecular weight excluding hydrogens is 487 g/mol. The SMILES string of the molecule is CC1=C(C(N)=O)N(S(C)(=O)=O)C(N(Cc2csc(C(F)(F)F)n2)c2ccc(C#N)cc2)S1. The highest BCUT2D eigenvalue weighted by molar-refractivity contribution is 8.04. The van der Waals surface area contributed by atoms with Gasteiger partial charge in [-0.3, -0.25) is 4.79 Å². The predicted molar refractivity (Wildman–Crippen MR) is 114 cm³/mol. The number of aromatic nitrogens is 1. The van der Waals surface area contributed by atoms with Crippen molar-refractivity contribution in [1.82, 2.24) is 9.29 Å². The minimum atomic E-state index is -4.61. The van der Waals surface area contributed by atoms with Gasteiger partial charge < -0.3 is 10.6 Å². The number of anilines is 1. The first-order valence-corrected chi connectivity index (χ1v) is 12.4. The number of nitrogens with zero attached hydrogens (tertiary/aromatic N) is 4. The topological polar surface area (TPSA) is 120 Å². The van der Waals surface area contributed by atoms with Crippen LogP contribution in [0.2, 0.25) is 0 Å². The average Bonchev–Trinajstić information content (AvgIpc) is 3.30. The number of hydrogen-bond donors (Lipinski definition) is 1. The van der Waals surface area contributed by atoms with Crippen molar-refractivity contribution in [2.24, 2.45) is 5.73 Å². The zero-order chi connectivity index (χ0) is 23.8. The van der Waals surface area contributed by atoms with Gasteiger partial charge in [0.05, 0.1) is 30.1 Å². The van der Waals surface area contributed by atoms with E-state index in [1.807, 2.05) is 6.07 Å². The van der Waals surface area contributed by atoms with Crippen molar-refractivity contribution in [1.29, 1.82) is 5.26 Å². The first-order valence-electron chi connectivity index (χ1n) is 8.78. The molecule has 0 fully saturated rings. The van der Waals surface area contributed by atoms with Crippen LogP contribution in [-0.4, -0.2) is 35.4 Å². The number of halogens is 3. The van der Waals surface area contributed by atoms with E-state index in [-0.39, 0.29) is 17.9 Å². The zero-order valence-electron chi connectivity index (χ0n) is 16.6. The van der Waals surface area contributed by atoms with Crippen LogP contribution in [0.3, 0.4) is 0 Å². The van der Waals surface area contributed by atoms with Gasteiger partial charge in [0, 0.05) is 16.0 Å². The lowest BCUT2D eigenvalue weighted by atomic mass is 10.2. The van der Waals surface area contributed by atoms with Crippen LogP contribution in [0.4, 0.5) is 18.9 Å². The van der Waals surface area contributed by atoms with Crippen LogP contribution in [-0.2, 0) is 27.5 Å². The summed E-state index contributed by atoms with van der Waals surface area (Å²) in [7, 11) is -3.99. The fourth-order valence-corrected chi connectivity index (χ4v) is 6.52. The van der Waals surface area contributed by atoms with E-state index in [1.165, 1.54) is 41.5 Å². The predicted octanol–water partition coefficient (Wildman–Crippen LogP) is 3.05. The van der Waals surface area contributed by atoms with E-state index >= 15 is 0 Å². The Morgan fingerprint density at radius 3 is 2.44 bits per heavy atom. The number of nitriles is 1. The van der Waals surface area contributed by atoms with Gasteiger partial charge in [0.15, 0.2) is 10.5 Å². The van der Waals surface area contributed by atoms with Crippen LogP contribution in [0.5, 0.6) is 0 Å². The number of thiazole rings is 1. The number of allylic oxidation sites excluding steroid dienone is 1. The maximum absolute atomic E-state index is 13.0. The van der Waals surface area contributed by atoms with Crippen LogP contribution < -0.4 is 10.6 Å². The van der Waals surface area contributed by atoms with E-state index in [4.69, 9.17) is 11.0 Å². The summed E-state index contributed by atoms with van der Waals surface area (Å²) in [5.41, 5.74) is 4.97. The van der Waals surface area contributed by atoms with Crippen molar-refractivity contribution >= 4 is 44.7 Å². The van der Waals surface area contributed by atoms with Gasteiger partial charge in [-0.05, 0) is 31.2 Å². The maximum atomic E-state index is 13.0. The third kappa shape index (κ3) is 4.84. The van der Waals surface area contributed by atoms with Crippen molar-refractivity contribution in [3.05, 3.63) is 56.5 Å². The molecule has 2 heterocycles. The molecule has 32 heavy (non-hydrogen) atoms. The lowest BCUT2D eigenvalue weighted by Gasteiger charge is -2.36. The highest BCUT2D eigenvalue weighted by Crippen LogP contribution is 2.43. The van der Waals surface area contributed by atoms with Crippen LogP contribution in [0, 0.1) is 11.3 Å². The van der Waals surface area contributed by atoms with Crippen molar-refractivity contribution < 1.29 is 26.4 Å². The molecular formula is C18H16F3N5O3S3. The van der Waals surface area contributed by atoms with E-state index < -0.39 is 32.6 Å². The number of hydrogen-bond acceptors (Lipinski definition) is 8. The Morgan fingerprint density at radius 1 is 1.34 bits per heavy atom. The first kappa shape index (κ1) is 23.9. The standard InChI is InChI=1S/C18H16F3N5O3S3/c1-10-14(15(23)27)26(32(2,28)29)17(31-10)25(13-5-3-11(7-22)4-6-13)8-12-9-30-16(24-12)18(19,20)21/h3-6,9,17H,8H2,1-2H3,(H2,23,27). The normalized spacial score (nSPS) is 16.9. The summed E-state index contributed by atoms with van der Waals surface area (Å²) >= 11 is 1.45. The Morgan fingerprint density at radius 2 is 1.97 bits per heavy atom. The second-order valence-corrected chi connectivity index (χ2v) is 10.7. The van der Waals surface area contributed by atoms with Gasteiger partial charge in [-0.1, -0.05) is 11.8 Å². The fourth-order valence-electron chi connectivity index (χ4n) is 3.04. The molecule has 0 radical (unpaired) electrons. The Balaban J connectivity index is 2.09. The van der Waals surface area contributed by atoms with Crippen molar-refractivity contribution in [3.8, 4) is 6.07 Å². The van der Waals surface area contributed by atoms with Gasteiger partial charge in [-0.15, -0.1) is 11.3 Å². The second kappa shape index (κ2) is 8.64. The fraction of sp³-hybridized carbons (Fsp3) is 0.278. The molecule has 0 aliphatic carbocycles. The molecule has 1 aromatic heterocycles. The minimum absolute atomic E-state index is 0.0610. The molecule has 1 aliphatic heterocycles. The summed E-state index contributed by atoms with van der Waals surface area (Å²) in [6, 6.07) is 8.01. The monoisotopic (exact) mass is 503 g/mol. The van der Waals surface area contributed by atoms with Crippen LogP contribution >= 0.6 is 23.1 Å². The summed E-state index contributed by atoms with van der Waals surface area (Å²) in [5, 5.41) is 9.25. The van der Waals surface area contributed by atoms with E-state index in [2.05, 4.69) is 4.98 Å². The number of alkyl halides is 3. The second-order valence-electron chi connectivity index (χ2n) is 6.70. The highest BCUT2D eigenvalue weighted by Gasteiger charge is 2.43. The molecule has 3 rings (SSSR count).